The summed E-state index contributed by atoms with van der Waals surface area (Å²) in [6.07, 6.45) is -0.545. The third kappa shape index (κ3) is 2.23. The van der Waals surface area contributed by atoms with Gasteiger partial charge in [0.1, 0.15) is 0 Å². The molecule has 2 rings (SSSR count). The number of esters is 1. The van der Waals surface area contributed by atoms with Gasteiger partial charge in [-0.15, -0.1) is 0 Å². The van der Waals surface area contributed by atoms with Crippen LogP contribution in [-0.2, 0) is 19.9 Å². The molecule has 1 heterocycles. The summed E-state index contributed by atoms with van der Waals surface area (Å²) in [5.41, 5.74) is 4.42. The number of primary amides is 1. The van der Waals surface area contributed by atoms with E-state index < -0.39 is 29.8 Å². The first-order valence-electron chi connectivity index (χ1n) is 6.84. The standard InChI is InChI=1S/C15H18N2O5/c1-4-22-13(19)9-5-6-10-12(8(9)2)15(21,7-11(16)18)14(20)17(10)3/h5-6,21H,4,7H2,1-3H3,(H2,16,18). The zero-order chi connectivity index (χ0) is 16.7. The molecule has 0 saturated heterocycles. The molecule has 1 aromatic carbocycles. The average molecular weight is 306 g/mol. The van der Waals surface area contributed by atoms with Crippen molar-refractivity contribution in [3.8, 4) is 0 Å². The van der Waals surface area contributed by atoms with Crippen molar-refractivity contribution in [1.82, 2.24) is 0 Å². The van der Waals surface area contributed by atoms with E-state index >= 15 is 0 Å². The number of ether oxygens (including phenoxy) is 1. The van der Waals surface area contributed by atoms with E-state index in [9.17, 15) is 19.5 Å². The fourth-order valence-corrected chi connectivity index (χ4v) is 2.84. The summed E-state index contributed by atoms with van der Waals surface area (Å²) < 4.78 is 4.96. The van der Waals surface area contributed by atoms with E-state index in [1.54, 1.807) is 19.9 Å². The number of carbonyl (C=O) groups excluding carboxylic acids is 3. The van der Waals surface area contributed by atoms with Gasteiger partial charge in [-0.3, -0.25) is 9.59 Å². The Labute approximate surface area is 127 Å². The van der Waals surface area contributed by atoms with E-state index in [1.807, 2.05) is 0 Å². The lowest BCUT2D eigenvalue weighted by molar-refractivity contribution is -0.141. The summed E-state index contributed by atoms with van der Waals surface area (Å²) >= 11 is 0. The minimum absolute atomic E-state index is 0.208. The van der Waals surface area contributed by atoms with Crippen LogP contribution in [0, 0.1) is 6.92 Å². The van der Waals surface area contributed by atoms with Crippen LogP contribution >= 0.6 is 0 Å². The zero-order valence-corrected chi connectivity index (χ0v) is 12.7. The molecule has 118 valence electrons. The average Bonchev–Trinajstić information content (AvgIpc) is 2.61. The molecule has 0 radical (unpaired) electrons. The molecular formula is C15H18N2O5. The molecule has 7 nitrogen and oxygen atoms in total. The molecule has 0 saturated carbocycles. The number of aliphatic hydroxyl groups is 1. The third-order valence-electron chi connectivity index (χ3n) is 3.80. The van der Waals surface area contributed by atoms with Crippen molar-refractivity contribution in [2.24, 2.45) is 5.73 Å². The Morgan fingerprint density at radius 3 is 2.59 bits per heavy atom. The Morgan fingerprint density at radius 2 is 2.05 bits per heavy atom. The van der Waals surface area contributed by atoms with Crippen LogP contribution in [0.5, 0.6) is 0 Å². The molecule has 7 heteroatoms. The van der Waals surface area contributed by atoms with Gasteiger partial charge in [0, 0.05) is 12.6 Å². The van der Waals surface area contributed by atoms with Crippen molar-refractivity contribution in [3.05, 3.63) is 28.8 Å². The highest BCUT2D eigenvalue weighted by atomic mass is 16.5. The molecule has 1 aliphatic heterocycles. The molecule has 3 N–H and O–H groups in total. The molecule has 0 spiro atoms. The number of hydrogen-bond acceptors (Lipinski definition) is 5. The van der Waals surface area contributed by atoms with Crippen molar-refractivity contribution in [2.75, 3.05) is 18.6 Å². The van der Waals surface area contributed by atoms with E-state index in [0.29, 0.717) is 11.3 Å². The second kappa shape index (κ2) is 5.42. The van der Waals surface area contributed by atoms with E-state index in [2.05, 4.69) is 0 Å². The van der Waals surface area contributed by atoms with Crippen LogP contribution in [0.15, 0.2) is 12.1 Å². The first kappa shape index (κ1) is 16.0. The lowest BCUT2D eigenvalue weighted by Gasteiger charge is -2.22. The highest BCUT2D eigenvalue weighted by Gasteiger charge is 2.51. The van der Waals surface area contributed by atoms with Crippen molar-refractivity contribution in [3.63, 3.8) is 0 Å². The second-order valence-electron chi connectivity index (χ2n) is 5.22. The van der Waals surface area contributed by atoms with E-state index in [4.69, 9.17) is 10.5 Å². The van der Waals surface area contributed by atoms with Gasteiger partial charge in [0.05, 0.1) is 24.3 Å². The Balaban J connectivity index is 2.65. The summed E-state index contributed by atoms with van der Waals surface area (Å²) in [4.78, 5) is 36.8. The van der Waals surface area contributed by atoms with Crippen molar-refractivity contribution >= 4 is 23.5 Å². The molecule has 0 aromatic heterocycles. The number of fused-ring (bicyclic) bond motifs is 1. The van der Waals surface area contributed by atoms with Gasteiger partial charge >= 0.3 is 5.97 Å². The molecule has 1 aromatic rings. The molecule has 22 heavy (non-hydrogen) atoms. The third-order valence-corrected chi connectivity index (χ3v) is 3.80. The van der Waals surface area contributed by atoms with E-state index in [0.717, 1.165) is 0 Å². The van der Waals surface area contributed by atoms with Gasteiger partial charge in [0.2, 0.25) is 5.91 Å². The summed E-state index contributed by atoms with van der Waals surface area (Å²) in [6, 6.07) is 3.08. The van der Waals surface area contributed by atoms with Crippen LogP contribution in [-0.4, -0.2) is 36.5 Å². The van der Waals surface area contributed by atoms with Gasteiger partial charge in [-0.2, -0.15) is 0 Å². The number of anilines is 1. The Kier molecular flexibility index (Phi) is 3.93. The highest BCUT2D eigenvalue weighted by molar-refractivity contribution is 6.09. The second-order valence-corrected chi connectivity index (χ2v) is 5.22. The highest BCUT2D eigenvalue weighted by Crippen LogP contribution is 2.44. The largest absolute Gasteiger partial charge is 0.462 e. The SMILES string of the molecule is CCOC(=O)c1ccc2c(c1C)C(O)(CC(N)=O)C(=O)N2C. The van der Waals surface area contributed by atoms with Crippen LogP contribution < -0.4 is 10.6 Å². The fraction of sp³-hybridized carbons (Fsp3) is 0.400. The van der Waals surface area contributed by atoms with Gasteiger partial charge in [-0.05, 0) is 31.5 Å². The van der Waals surface area contributed by atoms with Crippen LogP contribution in [0.25, 0.3) is 0 Å². The van der Waals surface area contributed by atoms with Gasteiger partial charge in [0.25, 0.3) is 5.91 Å². The minimum atomic E-state index is -2.05. The summed E-state index contributed by atoms with van der Waals surface area (Å²) in [5, 5.41) is 10.7. The smallest absolute Gasteiger partial charge is 0.338 e. The zero-order valence-electron chi connectivity index (χ0n) is 12.7. The number of amides is 2. The normalized spacial score (nSPS) is 20.0. The van der Waals surface area contributed by atoms with Crippen LogP contribution in [0.2, 0.25) is 0 Å². The van der Waals surface area contributed by atoms with Gasteiger partial charge < -0.3 is 20.5 Å². The molecule has 0 aliphatic carbocycles. The van der Waals surface area contributed by atoms with Gasteiger partial charge in [0.15, 0.2) is 5.60 Å². The number of rotatable bonds is 4. The van der Waals surface area contributed by atoms with E-state index in [-0.39, 0.29) is 17.7 Å². The first-order chi connectivity index (χ1) is 10.2. The Morgan fingerprint density at radius 1 is 1.41 bits per heavy atom. The predicted molar refractivity (Wildman–Crippen MR) is 78.3 cm³/mol. The van der Waals surface area contributed by atoms with Crippen LogP contribution in [0.3, 0.4) is 0 Å². The maximum atomic E-state index is 12.3. The molecular weight excluding hydrogens is 288 g/mol. The molecule has 1 atom stereocenters. The maximum absolute atomic E-state index is 12.3. The summed E-state index contributed by atoms with van der Waals surface area (Å²) in [6.45, 7) is 3.49. The van der Waals surface area contributed by atoms with Crippen molar-refractivity contribution < 1.29 is 24.2 Å². The fourth-order valence-electron chi connectivity index (χ4n) is 2.84. The molecule has 0 fully saturated rings. The number of nitrogens with two attached hydrogens (primary N) is 1. The molecule has 1 aliphatic rings. The first-order valence-corrected chi connectivity index (χ1v) is 6.84. The summed E-state index contributed by atoms with van der Waals surface area (Å²) in [7, 11) is 1.49. The number of carbonyl (C=O) groups is 3. The van der Waals surface area contributed by atoms with Gasteiger partial charge in [-0.25, -0.2) is 4.79 Å². The molecule has 0 bridgehead atoms. The summed E-state index contributed by atoms with van der Waals surface area (Å²) in [5.74, 6) is -2.00. The number of likely N-dealkylation sites (N-methyl/N-ethyl adjacent to an activating group) is 1. The van der Waals surface area contributed by atoms with Crippen molar-refractivity contribution in [2.45, 2.75) is 25.9 Å². The lowest BCUT2D eigenvalue weighted by Crippen LogP contribution is -2.41. The number of nitrogens with zero attached hydrogens (tertiary/aromatic N) is 1. The van der Waals surface area contributed by atoms with Gasteiger partial charge in [-0.1, -0.05) is 0 Å². The minimum Gasteiger partial charge on any atom is -0.462 e. The molecule has 1 unspecified atom stereocenters. The predicted octanol–water partition coefficient (Wildman–Crippen LogP) is 0.211. The van der Waals surface area contributed by atoms with Crippen LogP contribution in [0.4, 0.5) is 5.69 Å². The van der Waals surface area contributed by atoms with Crippen molar-refractivity contribution in [1.29, 1.82) is 0 Å². The van der Waals surface area contributed by atoms with E-state index in [1.165, 1.54) is 18.0 Å². The molecule has 2 amide bonds. The van der Waals surface area contributed by atoms with Crippen LogP contribution in [0.1, 0.15) is 34.8 Å². The Bertz CT molecular complexity index is 670. The maximum Gasteiger partial charge on any atom is 0.338 e. The Hall–Kier alpha value is -2.41. The number of hydrogen-bond donors (Lipinski definition) is 2. The monoisotopic (exact) mass is 306 g/mol. The quantitative estimate of drug-likeness (QED) is 0.773. The topological polar surface area (TPSA) is 110 Å². The number of benzene rings is 1. The lowest BCUT2D eigenvalue weighted by atomic mass is 9.86.